The standard InChI is InChI=1S/C26H38N4O3S/c1-20-18-24(33-5)19-21(2)26(20)34(32)29(4)15-11-25(31)28(3)14-8-22-9-16-30(17-10-22)23-6-12-27-13-7-23/h6-7,12-13,18-19,22H,8-11,14-17H2,1-5H3. The zero-order valence-corrected chi connectivity index (χ0v) is 21.9. The predicted molar refractivity (Wildman–Crippen MR) is 138 cm³/mol. The SMILES string of the molecule is COc1cc(C)c(S(=O)N(C)CCC(=O)N(C)CCC2CCN(c3ccncc3)CC2)c(C)c1. The van der Waals surface area contributed by atoms with E-state index < -0.39 is 11.0 Å². The minimum atomic E-state index is -1.32. The summed E-state index contributed by atoms with van der Waals surface area (Å²) in [5.74, 6) is 1.50. The molecule has 1 atom stereocenters. The molecule has 1 saturated heterocycles. The number of pyridine rings is 1. The Hall–Kier alpha value is -2.45. The van der Waals surface area contributed by atoms with Gasteiger partial charge in [0.25, 0.3) is 0 Å². The molecule has 1 fully saturated rings. The second-order valence-corrected chi connectivity index (χ2v) is 10.7. The van der Waals surface area contributed by atoms with Crippen LogP contribution in [0.3, 0.4) is 0 Å². The van der Waals surface area contributed by atoms with Crippen LogP contribution >= 0.6 is 0 Å². The highest BCUT2D eigenvalue weighted by molar-refractivity contribution is 7.82. The van der Waals surface area contributed by atoms with Crippen LogP contribution in [0.4, 0.5) is 5.69 Å². The van der Waals surface area contributed by atoms with Crippen LogP contribution in [0.15, 0.2) is 41.6 Å². The van der Waals surface area contributed by atoms with Crippen LogP contribution in [-0.4, -0.2) is 71.7 Å². The van der Waals surface area contributed by atoms with Crippen molar-refractivity contribution >= 4 is 22.6 Å². The van der Waals surface area contributed by atoms with Gasteiger partial charge >= 0.3 is 0 Å². The molecular weight excluding hydrogens is 448 g/mol. The lowest BCUT2D eigenvalue weighted by Gasteiger charge is -2.34. The molecule has 2 heterocycles. The molecular formula is C26H38N4O3S. The van der Waals surface area contributed by atoms with Crippen molar-refractivity contribution in [3.05, 3.63) is 47.8 Å². The number of hydrogen-bond acceptors (Lipinski definition) is 5. The summed E-state index contributed by atoms with van der Waals surface area (Å²) in [4.78, 5) is 21.8. The van der Waals surface area contributed by atoms with Crippen LogP contribution in [-0.2, 0) is 15.8 Å². The quantitative estimate of drug-likeness (QED) is 0.511. The number of rotatable bonds is 10. The number of carbonyl (C=O) groups excluding carboxylic acids is 1. The van der Waals surface area contributed by atoms with Crippen LogP contribution in [0.1, 0.15) is 36.8 Å². The van der Waals surface area contributed by atoms with Gasteiger partial charge in [0.2, 0.25) is 5.91 Å². The van der Waals surface area contributed by atoms with Crippen molar-refractivity contribution in [2.24, 2.45) is 5.92 Å². The Bertz CT molecular complexity index is 954. The van der Waals surface area contributed by atoms with E-state index in [1.165, 1.54) is 5.69 Å². The number of benzene rings is 1. The van der Waals surface area contributed by atoms with Crippen LogP contribution in [0.25, 0.3) is 0 Å². The number of nitrogens with zero attached hydrogens (tertiary/aromatic N) is 4. The second kappa shape index (κ2) is 12.3. The van der Waals surface area contributed by atoms with E-state index in [4.69, 9.17) is 4.74 Å². The van der Waals surface area contributed by atoms with Crippen molar-refractivity contribution < 1.29 is 13.7 Å². The van der Waals surface area contributed by atoms with Crippen molar-refractivity contribution in [3.63, 3.8) is 0 Å². The summed E-state index contributed by atoms with van der Waals surface area (Å²) in [5.41, 5.74) is 3.10. The molecule has 1 unspecified atom stereocenters. The van der Waals surface area contributed by atoms with Crippen molar-refractivity contribution in [2.45, 2.75) is 44.4 Å². The fraction of sp³-hybridized carbons (Fsp3) is 0.538. The van der Waals surface area contributed by atoms with Gasteiger partial charge < -0.3 is 14.5 Å². The topological polar surface area (TPSA) is 66.0 Å². The highest BCUT2D eigenvalue weighted by atomic mass is 32.2. The third-order valence-corrected chi connectivity index (χ3v) is 8.45. The number of aryl methyl sites for hydroxylation is 2. The summed E-state index contributed by atoms with van der Waals surface area (Å²) in [6.07, 6.45) is 7.35. The first-order valence-corrected chi connectivity index (χ1v) is 13.1. The Labute approximate surface area is 206 Å². The molecule has 8 heteroatoms. The number of carbonyl (C=O) groups is 1. The average Bonchev–Trinajstić information content (AvgIpc) is 2.85. The largest absolute Gasteiger partial charge is 0.497 e. The van der Waals surface area contributed by atoms with Crippen LogP contribution < -0.4 is 9.64 Å². The number of piperidine rings is 1. The fourth-order valence-electron chi connectivity index (χ4n) is 4.52. The van der Waals surface area contributed by atoms with E-state index >= 15 is 0 Å². The van der Waals surface area contributed by atoms with Gasteiger partial charge in [-0.3, -0.25) is 9.78 Å². The lowest BCUT2D eigenvalue weighted by Crippen LogP contribution is -2.36. The molecule has 34 heavy (non-hydrogen) atoms. The number of ether oxygens (including phenoxy) is 1. The predicted octanol–water partition coefficient (Wildman–Crippen LogP) is 3.82. The first-order valence-electron chi connectivity index (χ1n) is 12.0. The van der Waals surface area contributed by atoms with E-state index in [9.17, 15) is 9.00 Å². The second-order valence-electron chi connectivity index (χ2n) is 9.18. The number of anilines is 1. The van der Waals surface area contributed by atoms with Gasteiger partial charge in [-0.15, -0.1) is 0 Å². The van der Waals surface area contributed by atoms with Gasteiger partial charge in [-0.2, -0.15) is 0 Å². The minimum Gasteiger partial charge on any atom is -0.497 e. The van der Waals surface area contributed by atoms with Crippen LogP contribution in [0.2, 0.25) is 0 Å². The van der Waals surface area contributed by atoms with Crippen molar-refractivity contribution in [3.8, 4) is 5.75 Å². The molecule has 1 amide bonds. The van der Waals surface area contributed by atoms with Gasteiger partial charge in [0.15, 0.2) is 0 Å². The van der Waals surface area contributed by atoms with E-state index in [0.29, 0.717) is 18.9 Å². The van der Waals surface area contributed by atoms with E-state index in [-0.39, 0.29) is 5.91 Å². The highest BCUT2D eigenvalue weighted by Crippen LogP contribution is 2.26. The summed E-state index contributed by atoms with van der Waals surface area (Å²) in [7, 11) is 4.00. The normalized spacial score (nSPS) is 15.4. The van der Waals surface area contributed by atoms with E-state index in [1.54, 1.807) is 11.4 Å². The molecule has 1 aromatic carbocycles. The Morgan fingerprint density at radius 3 is 2.32 bits per heavy atom. The van der Waals surface area contributed by atoms with Gasteiger partial charge in [-0.1, -0.05) is 0 Å². The molecule has 1 aromatic heterocycles. The summed E-state index contributed by atoms with van der Waals surface area (Å²) in [6.45, 7) is 7.20. The van der Waals surface area contributed by atoms with Gasteiger partial charge in [0.05, 0.1) is 12.0 Å². The third kappa shape index (κ3) is 6.79. The van der Waals surface area contributed by atoms with Crippen molar-refractivity contribution in [2.75, 3.05) is 52.3 Å². The molecule has 0 spiro atoms. The molecule has 1 aliphatic heterocycles. The summed E-state index contributed by atoms with van der Waals surface area (Å²) in [6, 6.07) is 7.92. The average molecular weight is 487 g/mol. The maximum absolute atomic E-state index is 13.1. The monoisotopic (exact) mass is 486 g/mol. The summed E-state index contributed by atoms with van der Waals surface area (Å²) >= 11 is 0. The Morgan fingerprint density at radius 1 is 1.12 bits per heavy atom. The zero-order valence-electron chi connectivity index (χ0n) is 21.1. The molecule has 0 aliphatic carbocycles. The molecule has 0 bridgehead atoms. The first-order chi connectivity index (χ1) is 16.3. The third-order valence-electron chi connectivity index (χ3n) is 6.71. The number of amides is 1. The van der Waals surface area contributed by atoms with E-state index in [2.05, 4.69) is 22.0 Å². The number of methoxy groups -OCH3 is 1. The smallest absolute Gasteiger partial charge is 0.223 e. The lowest BCUT2D eigenvalue weighted by molar-refractivity contribution is -0.130. The Balaban J connectivity index is 1.41. The summed E-state index contributed by atoms with van der Waals surface area (Å²) < 4.78 is 20.1. The van der Waals surface area contributed by atoms with Crippen LogP contribution in [0, 0.1) is 19.8 Å². The fourth-order valence-corrected chi connectivity index (χ4v) is 5.76. The molecule has 186 valence electrons. The number of aromatic nitrogens is 1. The van der Waals surface area contributed by atoms with Gasteiger partial charge in [-0.25, -0.2) is 8.51 Å². The lowest BCUT2D eigenvalue weighted by atomic mass is 9.93. The molecule has 2 aromatic rings. The molecule has 0 radical (unpaired) electrons. The molecule has 1 aliphatic rings. The van der Waals surface area contributed by atoms with Gasteiger partial charge in [0.1, 0.15) is 16.7 Å². The van der Waals surface area contributed by atoms with Crippen molar-refractivity contribution in [1.82, 2.24) is 14.2 Å². The molecule has 3 rings (SSSR count). The van der Waals surface area contributed by atoms with E-state index in [0.717, 1.165) is 60.7 Å². The minimum absolute atomic E-state index is 0.0984. The zero-order chi connectivity index (χ0) is 24.7. The van der Waals surface area contributed by atoms with E-state index in [1.807, 2.05) is 57.4 Å². The Morgan fingerprint density at radius 2 is 1.74 bits per heavy atom. The summed E-state index contributed by atoms with van der Waals surface area (Å²) in [5, 5.41) is 0. The highest BCUT2D eigenvalue weighted by Gasteiger charge is 2.22. The maximum atomic E-state index is 13.1. The van der Waals surface area contributed by atoms with Gasteiger partial charge in [-0.05, 0) is 74.4 Å². The molecule has 0 N–H and O–H groups in total. The molecule has 0 saturated carbocycles. The van der Waals surface area contributed by atoms with Crippen LogP contribution in [0.5, 0.6) is 5.75 Å². The number of hydrogen-bond donors (Lipinski definition) is 0. The first kappa shape index (κ1) is 26.2. The van der Waals surface area contributed by atoms with Gasteiger partial charge in [0, 0.05) is 64.8 Å². The molecule has 7 nitrogen and oxygen atoms in total. The Kier molecular flexibility index (Phi) is 9.47. The maximum Gasteiger partial charge on any atom is 0.223 e. The van der Waals surface area contributed by atoms with Crippen molar-refractivity contribution in [1.29, 1.82) is 0 Å².